The van der Waals surface area contributed by atoms with E-state index in [4.69, 9.17) is 12.2 Å². The van der Waals surface area contributed by atoms with Gasteiger partial charge in [0.25, 0.3) is 5.91 Å². The van der Waals surface area contributed by atoms with E-state index in [0.29, 0.717) is 13.0 Å². The van der Waals surface area contributed by atoms with Crippen molar-refractivity contribution in [3.05, 3.63) is 59.7 Å². The fourth-order valence-electron chi connectivity index (χ4n) is 2.77. The summed E-state index contributed by atoms with van der Waals surface area (Å²) < 4.78 is 0. The molecule has 25 heavy (non-hydrogen) atoms. The van der Waals surface area contributed by atoms with Crippen LogP contribution in [0, 0.1) is 0 Å². The highest BCUT2D eigenvalue weighted by Crippen LogP contribution is 2.28. The highest BCUT2D eigenvalue weighted by Gasteiger charge is 2.27. The Balaban J connectivity index is 1.65. The number of nitrogens with one attached hydrogen (secondary N) is 2. The van der Waals surface area contributed by atoms with Crippen LogP contribution in [0.3, 0.4) is 0 Å². The zero-order valence-corrected chi connectivity index (χ0v) is 14.7. The van der Waals surface area contributed by atoms with E-state index in [1.54, 1.807) is 4.90 Å². The number of anilines is 2. The second kappa shape index (κ2) is 7.44. The van der Waals surface area contributed by atoms with Crippen molar-refractivity contribution in [2.24, 2.45) is 0 Å². The van der Waals surface area contributed by atoms with Gasteiger partial charge in [0.1, 0.15) is 0 Å². The zero-order valence-electron chi connectivity index (χ0n) is 13.9. The van der Waals surface area contributed by atoms with Gasteiger partial charge in [0.15, 0.2) is 5.11 Å². The van der Waals surface area contributed by atoms with E-state index in [9.17, 15) is 9.59 Å². The van der Waals surface area contributed by atoms with Crippen LogP contribution < -0.4 is 15.5 Å². The predicted octanol–water partition coefficient (Wildman–Crippen LogP) is 3.46. The molecule has 5 nitrogen and oxygen atoms in total. The number of carbonyl (C=O) groups is 2. The Kier molecular flexibility index (Phi) is 5.09. The molecule has 1 heterocycles. The van der Waals surface area contributed by atoms with Crippen molar-refractivity contribution in [3.63, 3.8) is 0 Å². The van der Waals surface area contributed by atoms with Gasteiger partial charge in [-0.05, 0) is 54.5 Å². The lowest BCUT2D eigenvalue weighted by atomic mass is 10.1. The molecule has 2 aromatic rings. The molecule has 0 aromatic heterocycles. The van der Waals surface area contributed by atoms with Crippen molar-refractivity contribution in [2.75, 3.05) is 10.2 Å². The van der Waals surface area contributed by atoms with Crippen molar-refractivity contribution in [1.29, 1.82) is 0 Å². The molecule has 1 aliphatic heterocycles. The molecule has 0 fully saturated rings. The van der Waals surface area contributed by atoms with E-state index in [-0.39, 0.29) is 16.9 Å². The standard InChI is InChI=1S/C19H19N3O2S/c1-2-5-17(23)21-19(25)20-14-8-10-15(11-9-14)22-12-13-6-3-4-7-16(13)18(22)24/h3-4,6-11H,2,5,12H2,1H3,(H2,20,21,23,25). The third-order valence-electron chi connectivity index (χ3n) is 3.99. The van der Waals surface area contributed by atoms with E-state index >= 15 is 0 Å². The minimum absolute atomic E-state index is 0.0126. The predicted molar refractivity (Wildman–Crippen MR) is 103 cm³/mol. The second-order valence-electron chi connectivity index (χ2n) is 5.85. The van der Waals surface area contributed by atoms with Gasteiger partial charge in [-0.3, -0.25) is 9.59 Å². The first-order valence-corrected chi connectivity index (χ1v) is 8.60. The van der Waals surface area contributed by atoms with Gasteiger partial charge in [0, 0.05) is 23.4 Å². The second-order valence-corrected chi connectivity index (χ2v) is 6.26. The fraction of sp³-hybridized carbons (Fsp3) is 0.211. The molecule has 128 valence electrons. The number of rotatable bonds is 4. The van der Waals surface area contributed by atoms with Crippen LogP contribution in [0.1, 0.15) is 35.7 Å². The van der Waals surface area contributed by atoms with Gasteiger partial charge in [-0.25, -0.2) is 0 Å². The van der Waals surface area contributed by atoms with Crippen LogP contribution in [-0.4, -0.2) is 16.9 Å². The maximum absolute atomic E-state index is 12.5. The normalized spacial score (nSPS) is 12.7. The molecule has 0 atom stereocenters. The van der Waals surface area contributed by atoms with Crippen molar-refractivity contribution in [1.82, 2.24) is 5.32 Å². The Hall–Kier alpha value is -2.73. The molecule has 6 heteroatoms. The van der Waals surface area contributed by atoms with E-state index in [1.807, 2.05) is 55.5 Å². The van der Waals surface area contributed by atoms with E-state index in [1.165, 1.54) is 0 Å². The fourth-order valence-corrected chi connectivity index (χ4v) is 3.00. The average molecular weight is 353 g/mol. The molecule has 2 N–H and O–H groups in total. The monoisotopic (exact) mass is 353 g/mol. The van der Waals surface area contributed by atoms with Crippen LogP contribution in [-0.2, 0) is 11.3 Å². The van der Waals surface area contributed by atoms with Gasteiger partial charge in [-0.2, -0.15) is 0 Å². The lowest BCUT2D eigenvalue weighted by Crippen LogP contribution is -2.33. The molecule has 0 unspecified atom stereocenters. The van der Waals surface area contributed by atoms with E-state index < -0.39 is 0 Å². The molecule has 0 radical (unpaired) electrons. The third kappa shape index (κ3) is 3.85. The zero-order chi connectivity index (χ0) is 17.8. The summed E-state index contributed by atoms with van der Waals surface area (Å²) in [6.45, 7) is 2.51. The Bertz CT molecular complexity index is 818. The van der Waals surface area contributed by atoms with Crippen molar-refractivity contribution in [2.45, 2.75) is 26.3 Å². The highest BCUT2D eigenvalue weighted by atomic mass is 32.1. The van der Waals surface area contributed by atoms with Gasteiger partial charge >= 0.3 is 0 Å². The van der Waals surface area contributed by atoms with Crippen LogP contribution in [0.25, 0.3) is 0 Å². The van der Waals surface area contributed by atoms with Crippen molar-refractivity contribution in [3.8, 4) is 0 Å². The number of hydrogen-bond donors (Lipinski definition) is 2. The first kappa shape index (κ1) is 17.1. The summed E-state index contributed by atoms with van der Waals surface area (Å²) >= 11 is 5.13. The molecule has 0 bridgehead atoms. The summed E-state index contributed by atoms with van der Waals surface area (Å²) in [4.78, 5) is 25.8. The molecule has 1 aliphatic rings. The van der Waals surface area contributed by atoms with Gasteiger partial charge in [0.05, 0.1) is 6.54 Å². The number of carbonyl (C=O) groups excluding carboxylic acids is 2. The molecular weight excluding hydrogens is 334 g/mol. The highest BCUT2D eigenvalue weighted by molar-refractivity contribution is 7.80. The lowest BCUT2D eigenvalue weighted by Gasteiger charge is -2.16. The summed E-state index contributed by atoms with van der Waals surface area (Å²) in [6.07, 6.45) is 1.22. The minimum atomic E-state index is -0.1000. The quantitative estimate of drug-likeness (QED) is 0.827. The molecule has 0 spiro atoms. The maximum Gasteiger partial charge on any atom is 0.258 e. The molecule has 2 aromatic carbocycles. The van der Waals surface area contributed by atoms with Crippen LogP contribution in [0.5, 0.6) is 0 Å². The Morgan fingerprint density at radius 2 is 1.88 bits per heavy atom. The number of nitrogens with zero attached hydrogens (tertiary/aromatic N) is 1. The molecule has 0 saturated carbocycles. The smallest absolute Gasteiger partial charge is 0.258 e. The summed E-state index contributed by atoms with van der Waals surface area (Å²) in [5, 5.41) is 5.88. The minimum Gasteiger partial charge on any atom is -0.332 e. The number of fused-ring (bicyclic) bond motifs is 1. The van der Waals surface area contributed by atoms with Gasteiger partial charge in [-0.1, -0.05) is 25.1 Å². The van der Waals surface area contributed by atoms with Crippen LogP contribution in [0.15, 0.2) is 48.5 Å². The third-order valence-corrected chi connectivity index (χ3v) is 4.19. The van der Waals surface area contributed by atoms with Gasteiger partial charge < -0.3 is 15.5 Å². The molecule has 0 aliphatic carbocycles. The summed E-state index contributed by atoms with van der Waals surface area (Å²) in [5.74, 6) is -0.0873. The van der Waals surface area contributed by atoms with Gasteiger partial charge in [0.2, 0.25) is 5.91 Å². The number of thiocarbonyl (C=S) groups is 1. The van der Waals surface area contributed by atoms with Crippen LogP contribution in [0.4, 0.5) is 11.4 Å². The molecule has 3 rings (SSSR count). The van der Waals surface area contributed by atoms with Crippen molar-refractivity contribution < 1.29 is 9.59 Å². The molecular formula is C19H19N3O2S. The van der Waals surface area contributed by atoms with Crippen molar-refractivity contribution >= 4 is 40.5 Å². The Morgan fingerprint density at radius 3 is 2.56 bits per heavy atom. The summed E-state index contributed by atoms with van der Waals surface area (Å²) in [7, 11) is 0. The van der Waals surface area contributed by atoms with Gasteiger partial charge in [-0.15, -0.1) is 0 Å². The Morgan fingerprint density at radius 1 is 1.16 bits per heavy atom. The average Bonchev–Trinajstić information content (AvgIpc) is 2.93. The number of hydrogen-bond acceptors (Lipinski definition) is 3. The van der Waals surface area contributed by atoms with Crippen LogP contribution in [0.2, 0.25) is 0 Å². The first-order chi connectivity index (χ1) is 12.1. The Labute approximate surface area is 152 Å². The van der Waals surface area contributed by atoms with E-state index in [0.717, 1.165) is 28.9 Å². The summed E-state index contributed by atoms with van der Waals surface area (Å²) in [5.41, 5.74) is 3.38. The van der Waals surface area contributed by atoms with Crippen LogP contribution >= 0.6 is 12.2 Å². The largest absolute Gasteiger partial charge is 0.332 e. The topological polar surface area (TPSA) is 61.4 Å². The maximum atomic E-state index is 12.5. The first-order valence-electron chi connectivity index (χ1n) is 8.19. The molecule has 0 saturated heterocycles. The number of benzene rings is 2. The van der Waals surface area contributed by atoms with E-state index in [2.05, 4.69) is 10.6 Å². The molecule has 2 amide bonds. The number of amides is 2. The lowest BCUT2D eigenvalue weighted by molar-refractivity contribution is -0.119. The SMILES string of the molecule is CCCC(=O)NC(=S)Nc1ccc(N2Cc3ccccc3C2=O)cc1. The summed E-state index contributed by atoms with van der Waals surface area (Å²) in [6, 6.07) is 15.0.